The molecule has 0 heterocycles. The molecule has 0 bridgehead atoms. The van der Waals surface area contributed by atoms with E-state index in [0.29, 0.717) is 5.75 Å². The number of phenolic OH excluding ortho intramolecular Hbond substituents is 1. The van der Waals surface area contributed by atoms with Gasteiger partial charge in [0.15, 0.2) is 0 Å². The number of allylic oxidation sites excluding steroid dienone is 2. The molecular weight excluding hydrogens is 244 g/mol. The minimum absolute atomic E-state index is 0.356. The first-order chi connectivity index (χ1) is 9.81. The summed E-state index contributed by atoms with van der Waals surface area (Å²) in [6, 6.07) is 18.3. The van der Waals surface area contributed by atoms with E-state index in [4.69, 9.17) is 0 Å². The van der Waals surface area contributed by atoms with Crippen LogP contribution >= 0.6 is 0 Å². The van der Waals surface area contributed by atoms with Gasteiger partial charge in [-0.05, 0) is 60.4 Å². The van der Waals surface area contributed by atoms with Gasteiger partial charge in [-0.15, -0.1) is 0 Å². The van der Waals surface area contributed by atoms with Crippen LogP contribution in [0.3, 0.4) is 0 Å². The highest BCUT2D eigenvalue weighted by molar-refractivity contribution is 5.67. The molecule has 2 aromatic rings. The van der Waals surface area contributed by atoms with Crippen molar-refractivity contribution < 1.29 is 5.11 Å². The molecule has 1 nitrogen and oxygen atoms in total. The Balaban J connectivity index is 1.66. The van der Waals surface area contributed by atoms with E-state index in [1.54, 1.807) is 6.07 Å². The minimum Gasteiger partial charge on any atom is -0.508 e. The Morgan fingerprint density at radius 2 is 1.85 bits per heavy atom. The third kappa shape index (κ3) is 3.11. The van der Waals surface area contributed by atoms with Gasteiger partial charge in [0.25, 0.3) is 0 Å². The third-order valence-corrected chi connectivity index (χ3v) is 4.10. The average Bonchev–Trinajstić information content (AvgIpc) is 2.49. The van der Waals surface area contributed by atoms with Gasteiger partial charge in [-0.3, -0.25) is 0 Å². The van der Waals surface area contributed by atoms with Crippen LogP contribution in [0.5, 0.6) is 5.75 Å². The van der Waals surface area contributed by atoms with Crippen LogP contribution in [0.2, 0.25) is 0 Å². The largest absolute Gasteiger partial charge is 0.508 e. The van der Waals surface area contributed by atoms with Crippen LogP contribution < -0.4 is 0 Å². The maximum absolute atomic E-state index is 9.56. The maximum Gasteiger partial charge on any atom is 0.116 e. The van der Waals surface area contributed by atoms with E-state index in [0.717, 1.165) is 18.8 Å². The fraction of sp³-hybridized carbons (Fsp3) is 0.263. The van der Waals surface area contributed by atoms with Crippen molar-refractivity contribution in [1.82, 2.24) is 0 Å². The molecule has 1 aliphatic carbocycles. The van der Waals surface area contributed by atoms with Crippen LogP contribution in [0.25, 0.3) is 5.57 Å². The van der Waals surface area contributed by atoms with Crippen LogP contribution in [0.4, 0.5) is 0 Å². The van der Waals surface area contributed by atoms with E-state index in [9.17, 15) is 5.11 Å². The molecule has 20 heavy (non-hydrogen) atoms. The summed E-state index contributed by atoms with van der Waals surface area (Å²) in [6.07, 6.45) is 7.01. The van der Waals surface area contributed by atoms with Gasteiger partial charge in [0.2, 0.25) is 0 Å². The molecule has 0 fully saturated rings. The zero-order valence-corrected chi connectivity index (χ0v) is 11.6. The predicted molar refractivity (Wildman–Crippen MR) is 83.6 cm³/mol. The monoisotopic (exact) mass is 264 g/mol. The van der Waals surface area contributed by atoms with Gasteiger partial charge in [-0.25, -0.2) is 0 Å². The number of rotatable bonds is 3. The van der Waals surface area contributed by atoms with Crippen molar-refractivity contribution in [3.8, 4) is 5.75 Å². The Hall–Kier alpha value is -2.02. The lowest BCUT2D eigenvalue weighted by Gasteiger charge is -2.22. The topological polar surface area (TPSA) is 20.2 Å². The van der Waals surface area contributed by atoms with Gasteiger partial charge in [0.1, 0.15) is 5.75 Å². The Morgan fingerprint density at radius 3 is 2.55 bits per heavy atom. The smallest absolute Gasteiger partial charge is 0.116 e. The lowest BCUT2D eigenvalue weighted by molar-refractivity contribution is 0.474. The molecule has 3 rings (SSSR count). The summed E-state index contributed by atoms with van der Waals surface area (Å²) in [6.45, 7) is 0. The summed E-state index contributed by atoms with van der Waals surface area (Å²) in [5, 5.41) is 9.56. The Bertz CT molecular complexity index is 598. The molecule has 1 N–H and O–H groups in total. The first-order valence-corrected chi connectivity index (χ1v) is 7.33. The summed E-state index contributed by atoms with van der Waals surface area (Å²) in [5.74, 6) is 1.10. The molecule has 0 aromatic heterocycles. The molecule has 2 aromatic carbocycles. The molecule has 1 atom stereocenters. The summed E-state index contributed by atoms with van der Waals surface area (Å²) >= 11 is 0. The second-order valence-electron chi connectivity index (χ2n) is 5.61. The highest BCUT2D eigenvalue weighted by Crippen LogP contribution is 2.32. The Labute approximate surface area is 120 Å². The van der Waals surface area contributed by atoms with Gasteiger partial charge in [0, 0.05) is 0 Å². The maximum atomic E-state index is 9.56. The van der Waals surface area contributed by atoms with Crippen molar-refractivity contribution in [2.75, 3.05) is 0 Å². The molecular formula is C19H20O. The minimum atomic E-state index is 0.356. The molecule has 0 saturated heterocycles. The van der Waals surface area contributed by atoms with Gasteiger partial charge in [-0.2, -0.15) is 0 Å². The van der Waals surface area contributed by atoms with Crippen LogP contribution in [0, 0.1) is 5.92 Å². The fourth-order valence-electron chi connectivity index (χ4n) is 2.99. The van der Waals surface area contributed by atoms with Crippen LogP contribution in [-0.4, -0.2) is 5.11 Å². The molecule has 0 aliphatic heterocycles. The van der Waals surface area contributed by atoms with E-state index in [2.05, 4.69) is 42.5 Å². The average molecular weight is 264 g/mol. The van der Waals surface area contributed by atoms with E-state index in [-0.39, 0.29) is 0 Å². The second kappa shape index (κ2) is 5.96. The number of hydrogen-bond acceptors (Lipinski definition) is 1. The summed E-state index contributed by atoms with van der Waals surface area (Å²) < 4.78 is 0. The predicted octanol–water partition coefficient (Wildman–Crippen LogP) is 4.82. The number of benzene rings is 2. The Morgan fingerprint density at radius 1 is 1.00 bits per heavy atom. The van der Waals surface area contributed by atoms with Gasteiger partial charge in [0.05, 0.1) is 0 Å². The summed E-state index contributed by atoms with van der Waals surface area (Å²) in [5.41, 5.74) is 3.99. The summed E-state index contributed by atoms with van der Waals surface area (Å²) in [4.78, 5) is 0. The molecule has 0 spiro atoms. The Kier molecular flexibility index (Phi) is 3.87. The fourth-order valence-corrected chi connectivity index (χ4v) is 2.99. The van der Waals surface area contributed by atoms with Crippen LogP contribution in [0.15, 0.2) is 60.7 Å². The van der Waals surface area contributed by atoms with Gasteiger partial charge >= 0.3 is 0 Å². The second-order valence-corrected chi connectivity index (χ2v) is 5.61. The quantitative estimate of drug-likeness (QED) is 0.842. The first-order valence-electron chi connectivity index (χ1n) is 7.33. The molecule has 1 unspecified atom stereocenters. The number of aromatic hydroxyl groups is 1. The van der Waals surface area contributed by atoms with Crippen molar-refractivity contribution in [2.45, 2.75) is 25.7 Å². The van der Waals surface area contributed by atoms with Crippen molar-refractivity contribution in [2.24, 2.45) is 5.92 Å². The van der Waals surface area contributed by atoms with Crippen molar-refractivity contribution in [3.63, 3.8) is 0 Å². The molecule has 1 aliphatic rings. The normalized spacial score (nSPS) is 18.6. The first kappa shape index (κ1) is 13.0. The SMILES string of the molecule is Oc1cccc(C2=CCC(Cc3ccccc3)CC2)c1. The zero-order valence-electron chi connectivity index (χ0n) is 11.6. The van der Waals surface area contributed by atoms with Crippen molar-refractivity contribution >= 4 is 5.57 Å². The zero-order chi connectivity index (χ0) is 13.8. The van der Waals surface area contributed by atoms with E-state index in [1.807, 2.05) is 12.1 Å². The van der Waals surface area contributed by atoms with Crippen LogP contribution in [-0.2, 0) is 6.42 Å². The highest BCUT2D eigenvalue weighted by Gasteiger charge is 2.16. The third-order valence-electron chi connectivity index (χ3n) is 4.10. The highest BCUT2D eigenvalue weighted by atomic mass is 16.3. The van der Waals surface area contributed by atoms with Crippen molar-refractivity contribution in [1.29, 1.82) is 0 Å². The van der Waals surface area contributed by atoms with E-state index in [1.165, 1.54) is 29.5 Å². The van der Waals surface area contributed by atoms with Gasteiger partial charge < -0.3 is 5.11 Å². The number of hydrogen-bond donors (Lipinski definition) is 1. The molecule has 102 valence electrons. The van der Waals surface area contributed by atoms with E-state index < -0.39 is 0 Å². The van der Waals surface area contributed by atoms with Gasteiger partial charge in [-0.1, -0.05) is 48.5 Å². The molecule has 0 saturated carbocycles. The molecule has 1 heteroatoms. The number of phenols is 1. The standard InChI is InChI=1S/C19H20O/c20-19-8-4-7-18(14-19)17-11-9-16(10-12-17)13-15-5-2-1-3-6-15/h1-8,11,14,16,20H,9-10,12-13H2. The molecule has 0 radical (unpaired) electrons. The lowest BCUT2D eigenvalue weighted by atomic mass is 9.83. The summed E-state index contributed by atoms with van der Waals surface area (Å²) in [7, 11) is 0. The molecule has 0 amide bonds. The van der Waals surface area contributed by atoms with Crippen LogP contribution in [0.1, 0.15) is 30.4 Å². The van der Waals surface area contributed by atoms with E-state index >= 15 is 0 Å². The van der Waals surface area contributed by atoms with Crippen molar-refractivity contribution in [3.05, 3.63) is 71.8 Å². The lowest BCUT2D eigenvalue weighted by Crippen LogP contribution is -2.08.